The van der Waals surface area contributed by atoms with Crippen molar-refractivity contribution in [1.29, 1.82) is 0 Å². The molecule has 1 amide bonds. The van der Waals surface area contributed by atoms with Crippen molar-refractivity contribution >= 4 is 11.9 Å². The summed E-state index contributed by atoms with van der Waals surface area (Å²) in [4.78, 5) is 24.4. The first-order valence-corrected chi connectivity index (χ1v) is 6.87. The predicted octanol–water partition coefficient (Wildman–Crippen LogP) is 3.77. The smallest absolute Gasteiger partial charge is 0.416 e. The number of amides is 1. The van der Waals surface area contributed by atoms with Gasteiger partial charge in [0.25, 0.3) is 5.91 Å². The highest BCUT2D eigenvalue weighted by Gasteiger charge is 2.32. The van der Waals surface area contributed by atoms with E-state index in [9.17, 15) is 22.8 Å². The van der Waals surface area contributed by atoms with Crippen LogP contribution < -0.4 is 0 Å². The Hall–Kier alpha value is -2.83. The number of benzene rings is 2. The van der Waals surface area contributed by atoms with E-state index in [1.54, 1.807) is 14.1 Å². The van der Waals surface area contributed by atoms with Crippen LogP contribution in [0.25, 0.3) is 11.1 Å². The number of hydrogen-bond acceptors (Lipinski definition) is 2. The number of alkyl halides is 3. The molecule has 0 fully saturated rings. The molecular weight excluding hydrogens is 323 g/mol. The van der Waals surface area contributed by atoms with Gasteiger partial charge in [-0.1, -0.05) is 12.1 Å². The van der Waals surface area contributed by atoms with Crippen molar-refractivity contribution in [2.24, 2.45) is 0 Å². The molecule has 1 N–H and O–H groups in total. The Kier molecular flexibility index (Phi) is 4.64. The van der Waals surface area contributed by atoms with Gasteiger partial charge in [-0.15, -0.1) is 0 Å². The lowest BCUT2D eigenvalue weighted by Crippen LogP contribution is -2.21. The summed E-state index contributed by atoms with van der Waals surface area (Å²) in [7, 11) is 3.11. The van der Waals surface area contributed by atoms with Crippen LogP contribution in [0, 0.1) is 0 Å². The quantitative estimate of drug-likeness (QED) is 0.927. The van der Waals surface area contributed by atoms with Gasteiger partial charge in [0.1, 0.15) is 0 Å². The average molecular weight is 337 g/mol. The van der Waals surface area contributed by atoms with E-state index in [0.29, 0.717) is 17.2 Å². The highest BCUT2D eigenvalue weighted by Crippen LogP contribution is 2.33. The molecule has 0 atom stereocenters. The van der Waals surface area contributed by atoms with Gasteiger partial charge in [-0.25, -0.2) is 4.79 Å². The molecule has 24 heavy (non-hydrogen) atoms. The number of carbonyl (C=O) groups excluding carboxylic acids is 1. The minimum atomic E-state index is -4.67. The van der Waals surface area contributed by atoms with Crippen molar-refractivity contribution in [3.8, 4) is 11.1 Å². The fourth-order valence-corrected chi connectivity index (χ4v) is 2.17. The van der Waals surface area contributed by atoms with E-state index in [1.807, 2.05) is 0 Å². The zero-order chi connectivity index (χ0) is 18.1. The molecule has 0 bridgehead atoms. The van der Waals surface area contributed by atoms with Crippen molar-refractivity contribution in [2.45, 2.75) is 6.18 Å². The summed E-state index contributed by atoms with van der Waals surface area (Å²) in [6.45, 7) is 0. The van der Waals surface area contributed by atoms with E-state index in [0.717, 1.165) is 12.1 Å². The Morgan fingerprint density at radius 2 is 1.58 bits per heavy atom. The van der Waals surface area contributed by atoms with Gasteiger partial charge < -0.3 is 10.0 Å². The van der Waals surface area contributed by atoms with Gasteiger partial charge in [0.05, 0.1) is 11.1 Å². The summed E-state index contributed by atoms with van der Waals surface area (Å²) in [5.74, 6) is -1.76. The summed E-state index contributed by atoms with van der Waals surface area (Å²) in [5.41, 5.74) is -0.815. The normalized spacial score (nSPS) is 11.2. The van der Waals surface area contributed by atoms with E-state index in [2.05, 4.69) is 0 Å². The van der Waals surface area contributed by atoms with E-state index in [1.165, 1.54) is 29.2 Å². The molecule has 0 saturated heterocycles. The van der Waals surface area contributed by atoms with Crippen molar-refractivity contribution in [1.82, 2.24) is 4.90 Å². The molecular formula is C17H14F3NO3. The number of carbonyl (C=O) groups is 2. The second-order valence-electron chi connectivity index (χ2n) is 5.38. The van der Waals surface area contributed by atoms with Crippen LogP contribution in [0.1, 0.15) is 26.3 Å². The second-order valence-corrected chi connectivity index (χ2v) is 5.38. The van der Waals surface area contributed by atoms with Crippen LogP contribution in [0.3, 0.4) is 0 Å². The monoisotopic (exact) mass is 337 g/mol. The lowest BCUT2D eigenvalue weighted by atomic mass is 9.98. The van der Waals surface area contributed by atoms with E-state index in [-0.39, 0.29) is 11.5 Å². The topological polar surface area (TPSA) is 57.6 Å². The lowest BCUT2D eigenvalue weighted by molar-refractivity contribution is -0.137. The molecule has 2 aromatic rings. The van der Waals surface area contributed by atoms with Gasteiger partial charge in [0.2, 0.25) is 0 Å². The number of aromatic carboxylic acids is 1. The van der Waals surface area contributed by atoms with Crippen LogP contribution in [0.5, 0.6) is 0 Å². The molecule has 4 nitrogen and oxygen atoms in total. The number of hydrogen-bond donors (Lipinski definition) is 1. The maximum Gasteiger partial charge on any atom is 0.416 e. The number of carboxylic acids is 1. The fraction of sp³-hybridized carbons (Fsp3) is 0.176. The maximum atomic E-state index is 13.0. The predicted molar refractivity (Wildman–Crippen MR) is 81.9 cm³/mol. The molecule has 0 aromatic heterocycles. The van der Waals surface area contributed by atoms with Crippen molar-refractivity contribution in [2.75, 3.05) is 14.1 Å². The van der Waals surface area contributed by atoms with Crippen molar-refractivity contribution < 1.29 is 27.9 Å². The summed E-state index contributed by atoms with van der Waals surface area (Å²) in [6, 6.07) is 8.63. The molecule has 2 aromatic carbocycles. The van der Waals surface area contributed by atoms with Crippen LogP contribution in [-0.4, -0.2) is 36.0 Å². The van der Waals surface area contributed by atoms with Crippen LogP contribution >= 0.6 is 0 Å². The summed E-state index contributed by atoms with van der Waals surface area (Å²) < 4.78 is 39.0. The van der Waals surface area contributed by atoms with E-state index >= 15 is 0 Å². The van der Waals surface area contributed by atoms with Crippen LogP contribution in [0.2, 0.25) is 0 Å². The minimum Gasteiger partial charge on any atom is -0.478 e. The molecule has 126 valence electrons. The SMILES string of the molecule is CN(C)C(=O)c1cccc(-c2cc(C(=O)O)cc(C(F)(F)F)c2)c1. The van der Waals surface area contributed by atoms with E-state index in [4.69, 9.17) is 5.11 Å². The van der Waals surface area contributed by atoms with Crippen LogP contribution in [0.15, 0.2) is 42.5 Å². The highest BCUT2D eigenvalue weighted by atomic mass is 19.4. The molecule has 0 aliphatic heterocycles. The van der Waals surface area contributed by atoms with Gasteiger partial charge in [-0.3, -0.25) is 4.79 Å². The number of halogens is 3. The van der Waals surface area contributed by atoms with Gasteiger partial charge in [0.15, 0.2) is 0 Å². The fourth-order valence-electron chi connectivity index (χ4n) is 2.17. The Bertz CT molecular complexity index is 798. The highest BCUT2D eigenvalue weighted by molar-refractivity contribution is 5.95. The summed E-state index contributed by atoms with van der Waals surface area (Å²) >= 11 is 0. The molecule has 0 aliphatic rings. The Morgan fingerprint density at radius 1 is 0.958 bits per heavy atom. The van der Waals surface area contributed by atoms with Crippen molar-refractivity contribution in [3.05, 3.63) is 59.2 Å². The third-order valence-corrected chi connectivity index (χ3v) is 3.36. The zero-order valence-electron chi connectivity index (χ0n) is 12.9. The Labute approximate surface area is 136 Å². The van der Waals surface area contributed by atoms with Gasteiger partial charge in [-0.2, -0.15) is 13.2 Å². The molecule has 0 saturated carbocycles. The maximum absolute atomic E-state index is 13.0. The molecule has 7 heteroatoms. The first kappa shape index (κ1) is 17.5. The molecule has 0 spiro atoms. The number of rotatable bonds is 3. The first-order valence-electron chi connectivity index (χ1n) is 6.87. The Balaban J connectivity index is 2.60. The van der Waals surface area contributed by atoms with Gasteiger partial charge >= 0.3 is 12.1 Å². The molecule has 0 unspecified atom stereocenters. The van der Waals surface area contributed by atoms with Crippen molar-refractivity contribution in [3.63, 3.8) is 0 Å². The number of nitrogens with zero attached hydrogens (tertiary/aromatic N) is 1. The van der Waals surface area contributed by atoms with Crippen LogP contribution in [0.4, 0.5) is 13.2 Å². The zero-order valence-corrected chi connectivity index (χ0v) is 12.9. The second kappa shape index (κ2) is 6.35. The molecule has 0 heterocycles. The molecule has 0 aliphatic carbocycles. The standard InChI is InChI=1S/C17H14F3NO3/c1-21(2)15(22)11-5-3-4-10(6-11)12-7-13(16(23)24)9-14(8-12)17(18,19)20/h3-9H,1-2H3,(H,23,24). The molecule has 2 rings (SSSR count). The third kappa shape index (κ3) is 3.73. The Morgan fingerprint density at radius 3 is 2.12 bits per heavy atom. The van der Waals surface area contributed by atoms with Gasteiger partial charge in [0, 0.05) is 19.7 Å². The van der Waals surface area contributed by atoms with Crippen LogP contribution in [-0.2, 0) is 6.18 Å². The summed E-state index contributed by atoms with van der Waals surface area (Å²) in [5, 5.41) is 9.03. The summed E-state index contributed by atoms with van der Waals surface area (Å²) in [6.07, 6.45) is -4.67. The lowest BCUT2D eigenvalue weighted by Gasteiger charge is -2.13. The average Bonchev–Trinajstić information content (AvgIpc) is 2.52. The molecule has 0 radical (unpaired) electrons. The third-order valence-electron chi connectivity index (χ3n) is 3.36. The minimum absolute atomic E-state index is 0.0793. The van der Waals surface area contributed by atoms with Gasteiger partial charge in [-0.05, 0) is 41.5 Å². The number of carboxylic acid groups (broad SMARTS) is 1. The van der Waals surface area contributed by atoms with E-state index < -0.39 is 23.3 Å². The largest absolute Gasteiger partial charge is 0.478 e. The first-order chi connectivity index (χ1) is 11.1.